The molecule has 2 heteroatoms. The van der Waals surface area contributed by atoms with Gasteiger partial charge in [-0.3, -0.25) is 4.98 Å². The first-order valence-electron chi connectivity index (χ1n) is 6.99. The maximum atomic E-state index is 4.44. The highest BCUT2D eigenvalue weighted by molar-refractivity contribution is 5.21. The Labute approximate surface area is 115 Å². The lowest BCUT2D eigenvalue weighted by Crippen LogP contribution is -2.35. The molecule has 2 aromatic rings. The lowest BCUT2D eigenvalue weighted by atomic mass is 9.90. The summed E-state index contributed by atoms with van der Waals surface area (Å²) in [7, 11) is 0. The molecular weight excluding hydrogens is 232 g/mol. The number of aromatic nitrogens is 1. The van der Waals surface area contributed by atoms with Crippen molar-refractivity contribution in [3.63, 3.8) is 0 Å². The molecule has 1 aromatic carbocycles. The van der Waals surface area contributed by atoms with E-state index in [1.807, 2.05) is 12.3 Å². The van der Waals surface area contributed by atoms with Crippen LogP contribution in [0, 0.1) is 0 Å². The Morgan fingerprint density at radius 2 is 1.79 bits per heavy atom. The van der Waals surface area contributed by atoms with Crippen LogP contribution in [0.4, 0.5) is 0 Å². The highest BCUT2D eigenvalue weighted by atomic mass is 14.9. The van der Waals surface area contributed by atoms with E-state index in [1.165, 1.54) is 5.56 Å². The summed E-state index contributed by atoms with van der Waals surface area (Å²) in [5.74, 6) is 0.475. The van der Waals surface area contributed by atoms with Crippen molar-refractivity contribution in [1.29, 1.82) is 0 Å². The van der Waals surface area contributed by atoms with Gasteiger partial charge < -0.3 is 5.32 Å². The van der Waals surface area contributed by atoms with Crippen LogP contribution in [0.25, 0.3) is 0 Å². The standard InChI is InChI=1S/C17H22N2/c1-3-18-17(13-16-11-7-8-12-19-16)14(2)15-9-5-4-6-10-15/h4-12,14,17-18H,3,13H2,1-2H3. The number of nitrogens with one attached hydrogen (secondary N) is 1. The van der Waals surface area contributed by atoms with Crippen molar-refractivity contribution in [2.75, 3.05) is 6.54 Å². The number of likely N-dealkylation sites (N-methyl/N-ethyl adjacent to an activating group) is 1. The van der Waals surface area contributed by atoms with E-state index in [-0.39, 0.29) is 0 Å². The van der Waals surface area contributed by atoms with Crippen molar-refractivity contribution in [2.24, 2.45) is 0 Å². The van der Waals surface area contributed by atoms with Gasteiger partial charge >= 0.3 is 0 Å². The fourth-order valence-corrected chi connectivity index (χ4v) is 2.42. The van der Waals surface area contributed by atoms with Crippen LogP contribution >= 0.6 is 0 Å². The number of hydrogen-bond donors (Lipinski definition) is 1. The maximum Gasteiger partial charge on any atom is 0.0419 e. The fourth-order valence-electron chi connectivity index (χ4n) is 2.42. The van der Waals surface area contributed by atoms with Gasteiger partial charge in [-0.1, -0.05) is 50.2 Å². The van der Waals surface area contributed by atoms with Crippen molar-refractivity contribution in [3.05, 3.63) is 66.0 Å². The second kappa shape index (κ2) is 7.05. The molecule has 2 nitrogen and oxygen atoms in total. The number of benzene rings is 1. The molecular formula is C17H22N2. The normalized spacial score (nSPS) is 14.0. The van der Waals surface area contributed by atoms with Gasteiger partial charge in [0.1, 0.15) is 0 Å². The first-order chi connectivity index (χ1) is 9.31. The minimum absolute atomic E-state index is 0.419. The molecule has 1 aromatic heterocycles. The van der Waals surface area contributed by atoms with Gasteiger partial charge in [0, 0.05) is 24.4 Å². The van der Waals surface area contributed by atoms with Gasteiger partial charge in [0.25, 0.3) is 0 Å². The van der Waals surface area contributed by atoms with Gasteiger partial charge in [-0.25, -0.2) is 0 Å². The van der Waals surface area contributed by atoms with Crippen LogP contribution in [0.3, 0.4) is 0 Å². The Bertz CT molecular complexity index is 467. The van der Waals surface area contributed by atoms with Crippen LogP contribution in [0.5, 0.6) is 0 Å². The summed E-state index contributed by atoms with van der Waals surface area (Å²) in [5.41, 5.74) is 2.53. The van der Waals surface area contributed by atoms with E-state index in [9.17, 15) is 0 Å². The van der Waals surface area contributed by atoms with E-state index in [1.54, 1.807) is 0 Å². The molecule has 0 aliphatic heterocycles. The highest BCUT2D eigenvalue weighted by Crippen LogP contribution is 2.21. The molecule has 0 radical (unpaired) electrons. The Morgan fingerprint density at radius 1 is 1.05 bits per heavy atom. The van der Waals surface area contributed by atoms with Gasteiger partial charge in [-0.15, -0.1) is 0 Å². The minimum Gasteiger partial charge on any atom is -0.313 e. The molecule has 0 fully saturated rings. The van der Waals surface area contributed by atoms with Gasteiger partial charge in [-0.2, -0.15) is 0 Å². The van der Waals surface area contributed by atoms with Crippen molar-refractivity contribution < 1.29 is 0 Å². The van der Waals surface area contributed by atoms with E-state index < -0.39 is 0 Å². The molecule has 0 amide bonds. The quantitative estimate of drug-likeness (QED) is 0.854. The van der Waals surface area contributed by atoms with Crippen LogP contribution in [-0.2, 0) is 6.42 Å². The summed E-state index contributed by atoms with van der Waals surface area (Å²) >= 11 is 0. The Morgan fingerprint density at radius 3 is 2.42 bits per heavy atom. The first kappa shape index (κ1) is 13.8. The van der Waals surface area contributed by atoms with Crippen LogP contribution in [0.1, 0.15) is 31.0 Å². The zero-order chi connectivity index (χ0) is 13.5. The second-order valence-electron chi connectivity index (χ2n) is 4.89. The lowest BCUT2D eigenvalue weighted by molar-refractivity contribution is 0.454. The molecule has 0 bridgehead atoms. The summed E-state index contributed by atoms with van der Waals surface area (Å²) in [4.78, 5) is 4.44. The van der Waals surface area contributed by atoms with E-state index in [0.29, 0.717) is 12.0 Å². The van der Waals surface area contributed by atoms with E-state index in [2.05, 4.69) is 66.6 Å². The molecule has 0 spiro atoms. The zero-order valence-corrected chi connectivity index (χ0v) is 11.7. The monoisotopic (exact) mass is 254 g/mol. The average molecular weight is 254 g/mol. The Balaban J connectivity index is 2.11. The van der Waals surface area contributed by atoms with E-state index >= 15 is 0 Å². The molecule has 0 aliphatic rings. The van der Waals surface area contributed by atoms with E-state index in [0.717, 1.165) is 18.7 Å². The third-order valence-corrected chi connectivity index (χ3v) is 3.55. The molecule has 2 unspecified atom stereocenters. The Hall–Kier alpha value is -1.67. The Kier molecular flexibility index (Phi) is 5.10. The fraction of sp³-hybridized carbons (Fsp3) is 0.353. The number of rotatable bonds is 6. The van der Waals surface area contributed by atoms with E-state index in [4.69, 9.17) is 0 Å². The third kappa shape index (κ3) is 3.90. The molecule has 2 rings (SSSR count). The summed E-state index contributed by atoms with van der Waals surface area (Å²) in [6.45, 7) is 5.42. The molecule has 100 valence electrons. The molecule has 0 aliphatic carbocycles. The van der Waals surface area contributed by atoms with Crippen LogP contribution < -0.4 is 5.32 Å². The topological polar surface area (TPSA) is 24.9 Å². The second-order valence-corrected chi connectivity index (χ2v) is 4.89. The molecule has 1 heterocycles. The highest BCUT2D eigenvalue weighted by Gasteiger charge is 2.18. The molecule has 0 saturated heterocycles. The van der Waals surface area contributed by atoms with Crippen LogP contribution in [0.2, 0.25) is 0 Å². The zero-order valence-electron chi connectivity index (χ0n) is 11.7. The minimum atomic E-state index is 0.419. The summed E-state index contributed by atoms with van der Waals surface area (Å²) in [6, 6.07) is 17.2. The molecule has 2 atom stereocenters. The van der Waals surface area contributed by atoms with Gasteiger partial charge in [-0.05, 0) is 30.2 Å². The van der Waals surface area contributed by atoms with Crippen molar-refractivity contribution >= 4 is 0 Å². The van der Waals surface area contributed by atoms with Gasteiger partial charge in [0.05, 0.1) is 0 Å². The van der Waals surface area contributed by atoms with Crippen LogP contribution in [0.15, 0.2) is 54.7 Å². The average Bonchev–Trinajstić information content (AvgIpc) is 2.48. The van der Waals surface area contributed by atoms with Crippen molar-refractivity contribution in [3.8, 4) is 0 Å². The predicted molar refractivity (Wildman–Crippen MR) is 80.3 cm³/mol. The third-order valence-electron chi connectivity index (χ3n) is 3.55. The maximum absolute atomic E-state index is 4.44. The summed E-state index contributed by atoms with van der Waals surface area (Å²) < 4.78 is 0. The van der Waals surface area contributed by atoms with Gasteiger partial charge in [0.2, 0.25) is 0 Å². The SMILES string of the molecule is CCNC(Cc1ccccn1)C(C)c1ccccc1. The molecule has 0 saturated carbocycles. The number of pyridine rings is 1. The van der Waals surface area contributed by atoms with Gasteiger partial charge in [0.15, 0.2) is 0 Å². The molecule has 1 N–H and O–H groups in total. The summed E-state index contributed by atoms with van der Waals surface area (Å²) in [5, 5.41) is 3.59. The van der Waals surface area contributed by atoms with Crippen molar-refractivity contribution in [2.45, 2.75) is 32.2 Å². The summed E-state index contributed by atoms with van der Waals surface area (Å²) in [6.07, 6.45) is 2.83. The number of hydrogen-bond acceptors (Lipinski definition) is 2. The van der Waals surface area contributed by atoms with Crippen LogP contribution in [-0.4, -0.2) is 17.6 Å². The van der Waals surface area contributed by atoms with Crippen molar-refractivity contribution in [1.82, 2.24) is 10.3 Å². The smallest absolute Gasteiger partial charge is 0.0419 e. The first-order valence-corrected chi connectivity index (χ1v) is 6.99. The molecule has 19 heavy (non-hydrogen) atoms. The predicted octanol–water partition coefficient (Wildman–Crippen LogP) is 3.41. The largest absolute Gasteiger partial charge is 0.313 e. The number of nitrogens with zero attached hydrogens (tertiary/aromatic N) is 1. The lowest BCUT2D eigenvalue weighted by Gasteiger charge is -2.25.